The first-order valence-corrected chi connectivity index (χ1v) is 12.0. The Balaban J connectivity index is 1.56. The molecule has 0 aliphatic heterocycles. The predicted octanol–water partition coefficient (Wildman–Crippen LogP) is 4.25. The fourth-order valence-electron chi connectivity index (χ4n) is 4.35. The van der Waals surface area contributed by atoms with Gasteiger partial charge < -0.3 is 21.3 Å². The van der Waals surface area contributed by atoms with Crippen LogP contribution in [0.25, 0.3) is 11.3 Å². The highest BCUT2D eigenvalue weighted by Gasteiger charge is 2.24. The monoisotopic (exact) mass is 546 g/mol. The Bertz CT molecular complexity index is 1220. The van der Waals surface area contributed by atoms with Crippen molar-refractivity contribution in [3.8, 4) is 11.3 Å². The number of carbonyl (C=O) groups is 1. The largest absolute Gasteiger partial charge is 0.394 e. The van der Waals surface area contributed by atoms with E-state index in [9.17, 15) is 23.8 Å². The van der Waals surface area contributed by atoms with Gasteiger partial charge in [-0.1, -0.05) is 28.4 Å². The number of anilines is 1. The van der Waals surface area contributed by atoms with Crippen LogP contribution in [-0.2, 0) is 0 Å². The summed E-state index contributed by atoms with van der Waals surface area (Å²) in [5, 5.41) is 22.2. The van der Waals surface area contributed by atoms with Crippen LogP contribution >= 0.6 is 15.9 Å². The zero-order chi connectivity index (χ0) is 25.1. The lowest BCUT2D eigenvalue weighted by atomic mass is 9.85. The summed E-state index contributed by atoms with van der Waals surface area (Å²) in [4.78, 5) is 21.5. The fraction of sp³-hybridized carbons (Fsp3) is 0.320. The summed E-state index contributed by atoms with van der Waals surface area (Å²) < 4.78 is 29.2. The lowest BCUT2D eigenvalue weighted by Crippen LogP contribution is -2.31. The third-order valence-corrected chi connectivity index (χ3v) is 6.60. The Labute approximate surface area is 209 Å². The SMILES string of the molecule is Nc1ncc(C2CCCC(O)C2)nc1-c1ccc(C(=O)NC(CO)c2cc(F)cc(Br)c2)c(F)c1. The highest BCUT2D eigenvalue weighted by molar-refractivity contribution is 9.10. The Morgan fingerprint density at radius 2 is 2.03 bits per heavy atom. The molecule has 184 valence electrons. The van der Waals surface area contributed by atoms with Crippen molar-refractivity contribution in [2.45, 2.75) is 43.7 Å². The van der Waals surface area contributed by atoms with Gasteiger partial charge in [-0.3, -0.25) is 4.79 Å². The van der Waals surface area contributed by atoms with E-state index in [1.165, 1.54) is 24.3 Å². The van der Waals surface area contributed by atoms with Gasteiger partial charge >= 0.3 is 0 Å². The maximum absolute atomic E-state index is 15.0. The highest BCUT2D eigenvalue weighted by atomic mass is 79.9. The van der Waals surface area contributed by atoms with E-state index >= 15 is 0 Å². The van der Waals surface area contributed by atoms with Gasteiger partial charge in [0.25, 0.3) is 5.91 Å². The summed E-state index contributed by atoms with van der Waals surface area (Å²) in [5.41, 5.74) is 7.43. The molecule has 1 aliphatic carbocycles. The van der Waals surface area contributed by atoms with Crippen LogP contribution < -0.4 is 11.1 Å². The van der Waals surface area contributed by atoms with E-state index in [2.05, 4.69) is 31.2 Å². The molecule has 1 heterocycles. The van der Waals surface area contributed by atoms with Crippen LogP contribution in [0, 0.1) is 11.6 Å². The van der Waals surface area contributed by atoms with E-state index in [1.807, 2.05) is 0 Å². The smallest absolute Gasteiger partial charge is 0.254 e. The van der Waals surface area contributed by atoms with Crippen molar-refractivity contribution in [2.24, 2.45) is 0 Å². The number of nitrogens with two attached hydrogens (primary N) is 1. The molecule has 35 heavy (non-hydrogen) atoms. The number of rotatable bonds is 6. The van der Waals surface area contributed by atoms with E-state index in [-0.39, 0.29) is 23.4 Å². The summed E-state index contributed by atoms with van der Waals surface area (Å²) in [6, 6.07) is 7.03. The van der Waals surface area contributed by atoms with Crippen LogP contribution in [0.3, 0.4) is 0 Å². The van der Waals surface area contributed by atoms with Crippen molar-refractivity contribution in [1.82, 2.24) is 15.3 Å². The van der Waals surface area contributed by atoms with Crippen molar-refractivity contribution in [3.05, 3.63) is 75.5 Å². The minimum Gasteiger partial charge on any atom is -0.394 e. The number of aliphatic hydroxyl groups excluding tert-OH is 2. The number of halogens is 3. The topological polar surface area (TPSA) is 121 Å². The lowest BCUT2D eigenvalue weighted by molar-refractivity contribution is 0.0912. The third-order valence-electron chi connectivity index (χ3n) is 6.15. The fourth-order valence-corrected chi connectivity index (χ4v) is 4.83. The normalized spacial score (nSPS) is 18.8. The lowest BCUT2D eigenvalue weighted by Gasteiger charge is -2.25. The van der Waals surface area contributed by atoms with E-state index in [4.69, 9.17) is 5.73 Å². The van der Waals surface area contributed by atoms with E-state index in [1.54, 1.807) is 12.3 Å². The summed E-state index contributed by atoms with van der Waals surface area (Å²) in [6.45, 7) is -0.504. The number of aromatic nitrogens is 2. The molecule has 1 amide bonds. The predicted molar refractivity (Wildman–Crippen MR) is 130 cm³/mol. The van der Waals surface area contributed by atoms with Crippen LogP contribution in [0.4, 0.5) is 14.6 Å². The molecule has 4 rings (SSSR count). The number of hydrogen-bond acceptors (Lipinski definition) is 6. The molecule has 0 radical (unpaired) electrons. The molecule has 5 N–H and O–H groups in total. The number of benzene rings is 2. The van der Waals surface area contributed by atoms with Gasteiger partial charge in [0.15, 0.2) is 0 Å². The van der Waals surface area contributed by atoms with Gasteiger partial charge in [-0.05, 0) is 55.2 Å². The molecule has 7 nitrogen and oxygen atoms in total. The number of nitrogen functional groups attached to an aromatic ring is 1. The minimum absolute atomic E-state index is 0.0405. The molecule has 0 bridgehead atoms. The first-order chi connectivity index (χ1) is 16.7. The van der Waals surface area contributed by atoms with Crippen molar-refractivity contribution in [3.63, 3.8) is 0 Å². The molecule has 3 unspecified atom stereocenters. The first-order valence-electron chi connectivity index (χ1n) is 11.2. The maximum Gasteiger partial charge on any atom is 0.254 e. The Kier molecular flexibility index (Phi) is 7.73. The molecule has 1 aromatic heterocycles. The standard InChI is InChI=1S/C25H25BrF2N4O3/c26-16-6-15(7-17(27)10-16)22(12-33)32-25(35)19-5-4-14(9-20(19)28)23-24(29)30-11-21(31-23)13-2-1-3-18(34)8-13/h4-7,9-11,13,18,22,33-34H,1-3,8,12H2,(H2,29,30)(H,32,35). The van der Waals surface area contributed by atoms with Gasteiger partial charge in [0.1, 0.15) is 23.1 Å². The summed E-state index contributed by atoms with van der Waals surface area (Å²) in [7, 11) is 0. The average Bonchev–Trinajstić information content (AvgIpc) is 2.82. The molecule has 1 fully saturated rings. The van der Waals surface area contributed by atoms with Crippen molar-refractivity contribution < 1.29 is 23.8 Å². The van der Waals surface area contributed by atoms with Gasteiger partial charge in [0.2, 0.25) is 0 Å². The van der Waals surface area contributed by atoms with Crippen LogP contribution in [0.1, 0.15) is 59.3 Å². The molecule has 10 heteroatoms. The van der Waals surface area contributed by atoms with E-state index in [0.717, 1.165) is 25.3 Å². The average molecular weight is 547 g/mol. The number of aliphatic hydroxyl groups is 2. The van der Waals surface area contributed by atoms with Crippen LogP contribution in [0.2, 0.25) is 0 Å². The molecular weight excluding hydrogens is 522 g/mol. The number of carbonyl (C=O) groups excluding carboxylic acids is 1. The Morgan fingerprint density at radius 1 is 1.23 bits per heavy atom. The highest BCUT2D eigenvalue weighted by Crippen LogP contribution is 2.34. The number of hydrogen-bond donors (Lipinski definition) is 4. The molecule has 3 aromatic rings. The second-order valence-corrected chi connectivity index (χ2v) is 9.57. The Morgan fingerprint density at radius 3 is 2.71 bits per heavy atom. The molecule has 0 saturated heterocycles. The van der Waals surface area contributed by atoms with E-state index in [0.29, 0.717) is 33.4 Å². The molecule has 3 atom stereocenters. The molecule has 1 saturated carbocycles. The number of nitrogens with one attached hydrogen (secondary N) is 1. The van der Waals surface area contributed by atoms with Gasteiger partial charge in [0.05, 0.1) is 36.2 Å². The minimum atomic E-state index is -0.933. The van der Waals surface area contributed by atoms with E-state index < -0.39 is 30.2 Å². The number of nitrogens with zero attached hydrogens (tertiary/aromatic N) is 2. The zero-order valence-corrected chi connectivity index (χ0v) is 20.3. The summed E-state index contributed by atoms with van der Waals surface area (Å²) >= 11 is 3.17. The second kappa shape index (κ2) is 10.8. The maximum atomic E-state index is 15.0. The molecule has 1 aliphatic rings. The van der Waals surface area contributed by atoms with Gasteiger partial charge in [-0.15, -0.1) is 0 Å². The quantitative estimate of drug-likeness (QED) is 0.366. The first kappa shape index (κ1) is 25.2. The van der Waals surface area contributed by atoms with Crippen LogP contribution in [0.5, 0.6) is 0 Å². The van der Waals surface area contributed by atoms with Gasteiger partial charge in [-0.25, -0.2) is 18.7 Å². The van der Waals surface area contributed by atoms with Crippen molar-refractivity contribution in [1.29, 1.82) is 0 Å². The number of amides is 1. The molecule has 2 aromatic carbocycles. The second-order valence-electron chi connectivity index (χ2n) is 8.65. The molecule has 0 spiro atoms. The van der Waals surface area contributed by atoms with Crippen LogP contribution in [0.15, 0.2) is 47.1 Å². The van der Waals surface area contributed by atoms with Crippen molar-refractivity contribution in [2.75, 3.05) is 12.3 Å². The van der Waals surface area contributed by atoms with Gasteiger partial charge in [0, 0.05) is 16.0 Å². The Hall–Kier alpha value is -2.95. The van der Waals surface area contributed by atoms with Gasteiger partial charge in [-0.2, -0.15) is 0 Å². The van der Waals surface area contributed by atoms with Crippen molar-refractivity contribution >= 4 is 27.7 Å². The zero-order valence-electron chi connectivity index (χ0n) is 18.7. The summed E-state index contributed by atoms with van der Waals surface area (Å²) in [5.74, 6) is -1.95. The third kappa shape index (κ3) is 5.83. The molecular formula is C25H25BrF2N4O3. The summed E-state index contributed by atoms with van der Waals surface area (Å²) in [6.07, 6.45) is 4.29. The van der Waals surface area contributed by atoms with Crippen LogP contribution in [-0.4, -0.2) is 38.8 Å².